The summed E-state index contributed by atoms with van der Waals surface area (Å²) in [4.78, 5) is 3.00. The van der Waals surface area contributed by atoms with Crippen LogP contribution < -0.4 is 0 Å². The quantitative estimate of drug-likeness (QED) is 0.571. The molecule has 0 amide bonds. The fourth-order valence-electron chi connectivity index (χ4n) is 1.94. The maximum atomic E-state index is 2.28. The molecule has 1 aromatic heterocycles. The lowest BCUT2D eigenvalue weighted by atomic mass is 10.1. The molecule has 1 aliphatic carbocycles. The van der Waals surface area contributed by atoms with Crippen LogP contribution in [0.3, 0.4) is 0 Å². The number of thioether (sulfide) groups is 2. The zero-order valence-corrected chi connectivity index (χ0v) is 11.7. The Kier molecular flexibility index (Phi) is 3.75. The van der Waals surface area contributed by atoms with Crippen LogP contribution in [-0.4, -0.2) is 12.5 Å². The van der Waals surface area contributed by atoms with Crippen molar-refractivity contribution in [3.05, 3.63) is 22.1 Å². The van der Waals surface area contributed by atoms with Crippen molar-refractivity contribution in [1.82, 2.24) is 0 Å². The molecule has 1 heterocycles. The molecule has 80 valence electrons. The Balaban J connectivity index is 2.64. The molecule has 1 aliphatic rings. The number of fused-ring (bicyclic) bond motifs is 1. The molecule has 0 N–H and O–H groups in total. The van der Waals surface area contributed by atoms with Crippen LogP contribution >= 0.6 is 34.9 Å². The minimum atomic E-state index is 1.13. The fraction of sp³-hybridized carbons (Fsp3) is 0.417. The largest absolute Gasteiger partial charge is 0.269 e. The van der Waals surface area contributed by atoms with Gasteiger partial charge in [0.15, 0.2) is 0 Å². The molecule has 0 bridgehead atoms. The highest BCUT2D eigenvalue weighted by Crippen LogP contribution is 2.41. The Bertz CT molecular complexity index is 408. The van der Waals surface area contributed by atoms with Gasteiger partial charge < -0.3 is 0 Å². The van der Waals surface area contributed by atoms with Crippen LogP contribution in [0.2, 0.25) is 0 Å². The molecular weight excluding hydrogens is 240 g/mol. The Morgan fingerprint density at radius 2 is 2.13 bits per heavy atom. The zero-order chi connectivity index (χ0) is 10.8. The van der Waals surface area contributed by atoms with E-state index in [-0.39, 0.29) is 0 Å². The Labute approximate surface area is 104 Å². The van der Waals surface area contributed by atoms with E-state index in [0.717, 1.165) is 12.8 Å². The van der Waals surface area contributed by atoms with E-state index in [1.54, 1.807) is 11.1 Å². The number of hydrogen-bond donors (Lipinski definition) is 0. The Hall–Kier alpha value is 0.01000. The van der Waals surface area contributed by atoms with Crippen LogP contribution in [0.25, 0.3) is 6.08 Å². The number of hydrogen-bond acceptors (Lipinski definition) is 2. The van der Waals surface area contributed by atoms with E-state index in [4.69, 9.17) is 0 Å². The first-order valence-corrected chi connectivity index (χ1v) is 8.34. The van der Waals surface area contributed by atoms with Gasteiger partial charge >= 0.3 is 0 Å². The topological polar surface area (TPSA) is 0 Å². The van der Waals surface area contributed by atoms with E-state index in [1.165, 1.54) is 14.0 Å². The molecule has 0 atom stereocenters. The summed E-state index contributed by atoms with van der Waals surface area (Å²) in [6.45, 7) is 2.26. The van der Waals surface area contributed by atoms with Gasteiger partial charge in [-0.3, -0.25) is 0 Å². The molecule has 1 aromatic rings. The summed E-state index contributed by atoms with van der Waals surface area (Å²) >= 11 is 5.75. The Morgan fingerprint density at radius 3 is 2.73 bits per heavy atom. The monoisotopic (exact) mass is 255 g/mol. The van der Waals surface area contributed by atoms with Crippen LogP contribution in [0.4, 0.5) is 0 Å². The highest BCUT2D eigenvalue weighted by molar-refractivity contribution is 8.00. The van der Waals surface area contributed by atoms with Gasteiger partial charge in [-0.15, -0.1) is 11.8 Å². The summed E-state index contributed by atoms with van der Waals surface area (Å²) in [5.74, 6) is 0. The number of allylic oxidation sites excluding steroid dienone is 1. The van der Waals surface area contributed by atoms with E-state index < -0.39 is 0 Å². The lowest BCUT2D eigenvalue weighted by molar-refractivity contribution is 1.02. The van der Waals surface area contributed by atoms with Gasteiger partial charge in [-0.05, 0) is 25.4 Å². The minimum absolute atomic E-state index is 1.13. The molecule has 2 rings (SSSR count). The van der Waals surface area contributed by atoms with Crippen molar-refractivity contribution in [3.63, 3.8) is 0 Å². The van der Waals surface area contributed by atoms with E-state index in [0.29, 0.717) is 0 Å². The third kappa shape index (κ3) is 1.97. The minimum Gasteiger partial charge on any atom is -0.129 e. The molecule has 0 spiro atoms. The van der Waals surface area contributed by atoms with Crippen LogP contribution in [-0.2, 0) is 12.8 Å². The summed E-state index contributed by atoms with van der Waals surface area (Å²) in [6.07, 6.45) is 11.2. The molecule has 0 aromatic carbocycles. The second-order valence-electron chi connectivity index (χ2n) is 3.41. The van der Waals surface area contributed by atoms with Gasteiger partial charge in [-0.1, -0.05) is 24.8 Å². The van der Waals surface area contributed by atoms with Crippen LogP contribution in [0.1, 0.15) is 22.9 Å². The first kappa shape index (κ1) is 11.5. The highest BCUT2D eigenvalue weighted by Gasteiger charge is 2.27. The van der Waals surface area contributed by atoms with Crippen molar-refractivity contribution >= 4 is 40.9 Å². The first-order chi connectivity index (χ1) is 7.31. The van der Waals surface area contributed by atoms with Crippen molar-refractivity contribution < 1.29 is 0 Å². The summed E-state index contributed by atoms with van der Waals surface area (Å²) in [7, 11) is 0. The molecule has 0 aliphatic heterocycles. The van der Waals surface area contributed by atoms with Crippen molar-refractivity contribution in [2.75, 3.05) is 12.5 Å². The number of rotatable bonds is 3. The Morgan fingerprint density at radius 1 is 1.33 bits per heavy atom. The molecule has 0 nitrogen and oxygen atoms in total. The second-order valence-corrected chi connectivity index (χ2v) is 6.35. The van der Waals surface area contributed by atoms with E-state index >= 15 is 0 Å². The predicted octanol–water partition coefficient (Wildman–Crippen LogP) is 4.60. The van der Waals surface area contributed by atoms with Crippen molar-refractivity contribution in [3.8, 4) is 0 Å². The predicted molar refractivity (Wildman–Crippen MR) is 74.4 cm³/mol. The molecule has 0 saturated carbocycles. The van der Waals surface area contributed by atoms with Crippen LogP contribution in [0, 0.1) is 0 Å². The van der Waals surface area contributed by atoms with Crippen molar-refractivity contribution in [2.45, 2.75) is 28.9 Å². The lowest BCUT2D eigenvalue weighted by Gasteiger charge is -2.07. The summed E-state index contributed by atoms with van der Waals surface area (Å²) in [5, 5.41) is 0. The lowest BCUT2D eigenvalue weighted by Crippen LogP contribution is -1.94. The highest BCUT2D eigenvalue weighted by atomic mass is 32.2. The fourth-order valence-corrected chi connectivity index (χ4v) is 5.20. The van der Waals surface area contributed by atoms with Gasteiger partial charge in [0.25, 0.3) is 4.21 Å². The van der Waals surface area contributed by atoms with Crippen LogP contribution in [0.15, 0.2) is 15.2 Å². The molecule has 0 fully saturated rings. The molecule has 0 radical (unpaired) electrons. The summed E-state index contributed by atoms with van der Waals surface area (Å²) in [5.41, 5.74) is 3.12. The van der Waals surface area contributed by atoms with Gasteiger partial charge in [0, 0.05) is 22.1 Å². The third-order valence-electron chi connectivity index (χ3n) is 2.63. The molecule has 15 heavy (non-hydrogen) atoms. The maximum absolute atomic E-state index is 2.28. The van der Waals surface area contributed by atoms with E-state index in [2.05, 4.69) is 31.6 Å². The first-order valence-electron chi connectivity index (χ1n) is 5.08. The van der Waals surface area contributed by atoms with Gasteiger partial charge in [0.1, 0.15) is 0 Å². The molecule has 0 saturated heterocycles. The van der Waals surface area contributed by atoms with E-state index in [9.17, 15) is 0 Å². The second kappa shape index (κ2) is 4.89. The molecule has 3 heteroatoms. The van der Waals surface area contributed by atoms with Gasteiger partial charge in [-0.25, -0.2) is 0 Å². The van der Waals surface area contributed by atoms with E-state index in [1.807, 2.05) is 34.9 Å². The standard InChI is InChI=1S/C12H15S3/c1-4-8-11(13-2)9-6-5-7-10(9)15-12(8)14-3/h5,7H,4,6H2,1-3H3/q+1. The smallest absolute Gasteiger partial charge is 0.129 e. The average molecular weight is 255 g/mol. The van der Waals surface area contributed by atoms with Gasteiger partial charge in [-0.2, -0.15) is 0 Å². The van der Waals surface area contributed by atoms with Gasteiger partial charge in [0.05, 0.1) is 0 Å². The summed E-state index contributed by atoms with van der Waals surface area (Å²) in [6, 6.07) is 0. The normalized spacial score (nSPS) is 13.3. The van der Waals surface area contributed by atoms with Crippen molar-refractivity contribution in [1.29, 1.82) is 0 Å². The van der Waals surface area contributed by atoms with Crippen LogP contribution in [0.5, 0.6) is 0 Å². The third-order valence-corrected chi connectivity index (χ3v) is 5.93. The average Bonchev–Trinajstić information content (AvgIpc) is 2.73. The molecular formula is C12H15S3+. The zero-order valence-electron chi connectivity index (χ0n) is 9.29. The van der Waals surface area contributed by atoms with Crippen molar-refractivity contribution in [2.24, 2.45) is 0 Å². The molecule has 0 unspecified atom stereocenters. The maximum Gasteiger partial charge on any atom is 0.269 e. The van der Waals surface area contributed by atoms with Gasteiger partial charge in [0.2, 0.25) is 16.2 Å². The summed E-state index contributed by atoms with van der Waals surface area (Å²) < 4.78 is 1.49. The SMILES string of the molecule is CCc1c(SC)[s+]c2c(c1SC)CC=C2.